The minimum Gasteiger partial charge on any atom is -0.451 e. The Morgan fingerprint density at radius 3 is 2.87 bits per heavy atom. The van der Waals surface area contributed by atoms with Crippen molar-refractivity contribution in [1.29, 1.82) is 0 Å². The van der Waals surface area contributed by atoms with Gasteiger partial charge >= 0.3 is 0 Å². The first-order valence-corrected chi connectivity index (χ1v) is 12.0. The highest BCUT2D eigenvalue weighted by Crippen LogP contribution is 2.35. The highest BCUT2D eigenvalue weighted by Gasteiger charge is 2.38. The molecule has 7 nitrogen and oxygen atoms in total. The first-order valence-electron chi connectivity index (χ1n) is 10.2. The van der Waals surface area contributed by atoms with Crippen LogP contribution in [-0.2, 0) is 15.2 Å². The van der Waals surface area contributed by atoms with Gasteiger partial charge in [0.2, 0.25) is 0 Å². The molecule has 1 amide bonds. The topological polar surface area (TPSA) is 77.7 Å². The van der Waals surface area contributed by atoms with E-state index in [0.717, 1.165) is 45.1 Å². The van der Waals surface area contributed by atoms with E-state index >= 15 is 0 Å². The molecular weight excluding hydrogens is 422 g/mol. The minimum atomic E-state index is -0.346. The molecular formula is C21H23N3O4S2. The fourth-order valence-electron chi connectivity index (χ4n) is 4.11. The molecule has 158 valence electrons. The van der Waals surface area contributed by atoms with Crippen molar-refractivity contribution in [2.75, 3.05) is 19.8 Å². The lowest BCUT2D eigenvalue weighted by Gasteiger charge is -2.37. The fourth-order valence-corrected chi connectivity index (χ4v) is 5.95. The second-order valence-corrected chi connectivity index (χ2v) is 9.86. The number of piperidine rings is 1. The standard InChI is InChI=1S/C21H23N3O4S2/c1-13-22-23-21(30-13)29-12-15-14-6-2-3-8-17(14)28-18(15)19(25)24-9-5-4-7-16(24)20-26-10-11-27-20/h2-3,6,8,16,20H,4-5,7,9-12H2,1H3. The van der Waals surface area contributed by atoms with Crippen LogP contribution in [0.3, 0.4) is 0 Å². The zero-order valence-corrected chi connectivity index (χ0v) is 18.3. The van der Waals surface area contributed by atoms with Crippen LogP contribution in [0.15, 0.2) is 33.0 Å². The third kappa shape index (κ3) is 3.87. The summed E-state index contributed by atoms with van der Waals surface area (Å²) in [5.74, 6) is 0.927. The van der Waals surface area contributed by atoms with Gasteiger partial charge < -0.3 is 18.8 Å². The van der Waals surface area contributed by atoms with Crippen molar-refractivity contribution in [3.63, 3.8) is 0 Å². The average Bonchev–Trinajstić information content (AvgIpc) is 3.52. The maximum Gasteiger partial charge on any atom is 0.290 e. The number of carbonyl (C=O) groups is 1. The molecule has 0 aliphatic carbocycles. The normalized spacial score (nSPS) is 20.3. The molecule has 1 unspecified atom stereocenters. The van der Waals surface area contributed by atoms with Gasteiger partial charge in [0.05, 0.1) is 19.3 Å². The molecule has 2 aliphatic heterocycles. The van der Waals surface area contributed by atoms with Crippen LogP contribution >= 0.6 is 23.1 Å². The zero-order valence-electron chi connectivity index (χ0n) is 16.7. The number of carbonyl (C=O) groups excluding carboxylic acids is 1. The van der Waals surface area contributed by atoms with Crippen molar-refractivity contribution < 1.29 is 18.7 Å². The summed E-state index contributed by atoms with van der Waals surface area (Å²) in [7, 11) is 0. The molecule has 1 atom stereocenters. The Bertz CT molecular complexity index is 1040. The largest absolute Gasteiger partial charge is 0.451 e. The lowest BCUT2D eigenvalue weighted by atomic mass is 10.0. The van der Waals surface area contributed by atoms with Crippen LogP contribution in [0.1, 0.15) is 40.4 Å². The number of amides is 1. The van der Waals surface area contributed by atoms with Gasteiger partial charge in [0, 0.05) is 23.2 Å². The van der Waals surface area contributed by atoms with Gasteiger partial charge in [-0.05, 0) is 32.3 Å². The number of aromatic nitrogens is 2. The molecule has 2 aromatic heterocycles. The van der Waals surface area contributed by atoms with Crippen molar-refractivity contribution in [3.05, 3.63) is 40.6 Å². The van der Waals surface area contributed by atoms with Crippen LogP contribution in [0.25, 0.3) is 11.0 Å². The van der Waals surface area contributed by atoms with Crippen LogP contribution in [0, 0.1) is 6.92 Å². The van der Waals surface area contributed by atoms with Crippen molar-refractivity contribution in [2.45, 2.75) is 48.6 Å². The van der Waals surface area contributed by atoms with E-state index in [0.29, 0.717) is 31.3 Å². The summed E-state index contributed by atoms with van der Waals surface area (Å²) in [6.45, 7) is 3.79. The van der Waals surface area contributed by atoms with E-state index in [1.807, 2.05) is 36.1 Å². The number of nitrogens with zero attached hydrogens (tertiary/aromatic N) is 3. The maximum atomic E-state index is 13.7. The third-order valence-corrected chi connectivity index (χ3v) is 7.51. The summed E-state index contributed by atoms with van der Waals surface area (Å²) in [4.78, 5) is 15.5. The highest BCUT2D eigenvalue weighted by molar-refractivity contribution is 8.00. The van der Waals surface area contributed by atoms with Crippen LogP contribution in [-0.4, -0.2) is 53.1 Å². The maximum absolute atomic E-state index is 13.7. The summed E-state index contributed by atoms with van der Waals surface area (Å²) in [6, 6.07) is 7.74. The van der Waals surface area contributed by atoms with Crippen LogP contribution in [0.5, 0.6) is 0 Å². The van der Waals surface area contributed by atoms with Crippen LogP contribution in [0.4, 0.5) is 0 Å². The molecule has 1 aromatic carbocycles. The summed E-state index contributed by atoms with van der Waals surface area (Å²) in [5.41, 5.74) is 1.64. The molecule has 9 heteroatoms. The van der Waals surface area contributed by atoms with Crippen molar-refractivity contribution in [3.8, 4) is 0 Å². The molecule has 0 radical (unpaired) electrons. The van der Waals surface area contributed by atoms with Crippen molar-refractivity contribution in [2.24, 2.45) is 0 Å². The van der Waals surface area contributed by atoms with Gasteiger partial charge in [-0.2, -0.15) is 0 Å². The van der Waals surface area contributed by atoms with E-state index in [4.69, 9.17) is 13.9 Å². The molecule has 2 fully saturated rings. The minimum absolute atomic E-state index is 0.0757. The number of fused-ring (bicyclic) bond motifs is 1. The summed E-state index contributed by atoms with van der Waals surface area (Å²) in [5, 5.41) is 10.2. The molecule has 3 aromatic rings. The predicted molar refractivity (Wildman–Crippen MR) is 115 cm³/mol. The molecule has 4 heterocycles. The monoisotopic (exact) mass is 445 g/mol. The van der Waals surface area contributed by atoms with Gasteiger partial charge in [0.1, 0.15) is 10.6 Å². The molecule has 2 saturated heterocycles. The fraction of sp³-hybridized carbons (Fsp3) is 0.476. The van der Waals surface area contributed by atoms with E-state index in [1.54, 1.807) is 23.1 Å². The molecule has 5 rings (SSSR count). The number of para-hydroxylation sites is 1. The molecule has 30 heavy (non-hydrogen) atoms. The Morgan fingerprint density at radius 2 is 2.07 bits per heavy atom. The Kier molecular flexibility index (Phi) is 5.77. The van der Waals surface area contributed by atoms with Gasteiger partial charge in [-0.15, -0.1) is 10.2 Å². The highest BCUT2D eigenvalue weighted by atomic mass is 32.2. The molecule has 0 spiro atoms. The number of likely N-dealkylation sites (tertiary alicyclic amines) is 1. The molecule has 0 bridgehead atoms. The number of furan rings is 1. The number of hydrogen-bond donors (Lipinski definition) is 0. The smallest absolute Gasteiger partial charge is 0.290 e. The van der Waals surface area contributed by atoms with E-state index < -0.39 is 0 Å². The van der Waals surface area contributed by atoms with Gasteiger partial charge in [-0.25, -0.2) is 0 Å². The first kappa shape index (κ1) is 20.0. The van der Waals surface area contributed by atoms with E-state index in [9.17, 15) is 4.79 Å². The van der Waals surface area contributed by atoms with E-state index in [-0.39, 0.29) is 18.2 Å². The Balaban J connectivity index is 1.46. The van der Waals surface area contributed by atoms with E-state index in [2.05, 4.69) is 10.2 Å². The van der Waals surface area contributed by atoms with Crippen molar-refractivity contribution >= 4 is 40.0 Å². The number of rotatable bonds is 5. The zero-order chi connectivity index (χ0) is 20.5. The second-order valence-electron chi connectivity index (χ2n) is 7.45. The van der Waals surface area contributed by atoms with Crippen LogP contribution in [0.2, 0.25) is 0 Å². The Hall–Kier alpha value is -1.94. The van der Waals surface area contributed by atoms with Crippen molar-refractivity contribution in [1.82, 2.24) is 15.1 Å². The van der Waals surface area contributed by atoms with Gasteiger partial charge in [-0.3, -0.25) is 4.79 Å². The number of benzene rings is 1. The van der Waals surface area contributed by atoms with E-state index in [1.165, 1.54) is 0 Å². The summed E-state index contributed by atoms with van der Waals surface area (Å²) in [6.07, 6.45) is 2.58. The quantitative estimate of drug-likeness (QED) is 0.543. The number of ether oxygens (including phenoxy) is 2. The number of thioether (sulfide) groups is 1. The number of aryl methyl sites for hydroxylation is 1. The first-order chi connectivity index (χ1) is 14.7. The van der Waals surface area contributed by atoms with Gasteiger partial charge in [0.15, 0.2) is 16.4 Å². The summed E-state index contributed by atoms with van der Waals surface area (Å²) < 4.78 is 18.5. The average molecular weight is 446 g/mol. The molecule has 2 aliphatic rings. The lowest BCUT2D eigenvalue weighted by molar-refractivity contribution is -0.100. The lowest BCUT2D eigenvalue weighted by Crippen LogP contribution is -2.50. The Morgan fingerprint density at radius 1 is 1.23 bits per heavy atom. The number of hydrogen-bond acceptors (Lipinski definition) is 8. The predicted octanol–water partition coefficient (Wildman–Crippen LogP) is 4.25. The second kappa shape index (κ2) is 8.66. The third-order valence-electron chi connectivity index (χ3n) is 5.51. The summed E-state index contributed by atoms with van der Waals surface area (Å²) >= 11 is 3.14. The van der Waals surface area contributed by atoms with Gasteiger partial charge in [-0.1, -0.05) is 41.3 Å². The molecule has 0 saturated carbocycles. The van der Waals surface area contributed by atoms with Crippen LogP contribution < -0.4 is 0 Å². The SMILES string of the molecule is Cc1nnc(SCc2c(C(=O)N3CCCCC3C3OCCO3)oc3ccccc23)s1. The molecule has 0 N–H and O–H groups in total. The van der Waals surface area contributed by atoms with Gasteiger partial charge in [0.25, 0.3) is 5.91 Å². The Labute approximate surface area is 182 Å².